The normalized spacial score (nSPS) is 11.5. The van der Waals surface area contributed by atoms with Crippen molar-refractivity contribution >= 4 is 11.9 Å². The zero-order chi connectivity index (χ0) is 23.2. The summed E-state index contributed by atoms with van der Waals surface area (Å²) in [6, 6.07) is 18.6. The minimum absolute atomic E-state index is 0.0888. The van der Waals surface area contributed by atoms with Crippen LogP contribution in [0.25, 0.3) is 11.4 Å². The quantitative estimate of drug-likeness (QED) is 0.427. The first-order valence-corrected chi connectivity index (χ1v) is 10.1. The fourth-order valence-corrected chi connectivity index (χ4v) is 3.02. The van der Waals surface area contributed by atoms with Gasteiger partial charge in [-0.15, -0.1) is 0 Å². The summed E-state index contributed by atoms with van der Waals surface area (Å²) in [5.41, 5.74) is 0.992. The fourth-order valence-electron chi connectivity index (χ4n) is 3.02. The van der Waals surface area contributed by atoms with E-state index in [1.807, 2.05) is 30.3 Å². The van der Waals surface area contributed by atoms with E-state index in [4.69, 9.17) is 14.0 Å². The van der Waals surface area contributed by atoms with Gasteiger partial charge < -0.3 is 19.3 Å². The predicted molar refractivity (Wildman–Crippen MR) is 118 cm³/mol. The second kappa shape index (κ2) is 9.73. The van der Waals surface area contributed by atoms with Crippen LogP contribution in [0.1, 0.15) is 39.7 Å². The number of pyridine rings is 1. The maximum atomic E-state index is 13.0. The smallest absolute Gasteiger partial charge is 0.343 e. The third kappa shape index (κ3) is 4.87. The monoisotopic (exact) mass is 444 g/mol. The van der Waals surface area contributed by atoms with Crippen LogP contribution in [0.3, 0.4) is 0 Å². The SMILES string of the molecule is COc1ccnc(C(=O)N[C@@H](C)c2nc(-c3ccccc3)no2)c1OC(=O)c1ccccc1. The Morgan fingerprint density at radius 3 is 2.39 bits per heavy atom. The van der Waals surface area contributed by atoms with Crippen LogP contribution < -0.4 is 14.8 Å². The Balaban J connectivity index is 1.54. The maximum Gasteiger partial charge on any atom is 0.343 e. The van der Waals surface area contributed by atoms with E-state index >= 15 is 0 Å². The van der Waals surface area contributed by atoms with Gasteiger partial charge in [0.2, 0.25) is 17.5 Å². The summed E-state index contributed by atoms with van der Waals surface area (Å²) in [7, 11) is 1.41. The summed E-state index contributed by atoms with van der Waals surface area (Å²) in [6.45, 7) is 1.69. The fraction of sp³-hybridized carbons (Fsp3) is 0.125. The van der Waals surface area contributed by atoms with Crippen LogP contribution in [-0.4, -0.2) is 34.1 Å². The highest BCUT2D eigenvalue weighted by atomic mass is 16.6. The second-order valence-electron chi connectivity index (χ2n) is 6.96. The van der Waals surface area contributed by atoms with Crippen LogP contribution in [0, 0.1) is 0 Å². The third-order valence-electron chi connectivity index (χ3n) is 4.70. The van der Waals surface area contributed by atoms with Crippen molar-refractivity contribution in [2.45, 2.75) is 13.0 Å². The molecule has 9 nitrogen and oxygen atoms in total. The highest BCUT2D eigenvalue weighted by Gasteiger charge is 2.25. The Kier molecular flexibility index (Phi) is 6.40. The molecule has 0 saturated carbocycles. The van der Waals surface area contributed by atoms with Crippen LogP contribution in [0.2, 0.25) is 0 Å². The molecule has 0 radical (unpaired) electrons. The van der Waals surface area contributed by atoms with Gasteiger partial charge in [0.15, 0.2) is 11.4 Å². The number of aromatic nitrogens is 3. The molecule has 0 fully saturated rings. The largest absolute Gasteiger partial charge is 0.493 e. The van der Waals surface area contributed by atoms with Gasteiger partial charge in [0.1, 0.15) is 6.04 Å². The summed E-state index contributed by atoms with van der Waals surface area (Å²) in [5.74, 6) is -0.521. The molecule has 0 aliphatic rings. The highest BCUT2D eigenvalue weighted by molar-refractivity contribution is 5.98. The molecular formula is C24H20N4O5. The molecule has 0 saturated heterocycles. The molecule has 9 heteroatoms. The number of methoxy groups -OCH3 is 1. The molecule has 0 aliphatic carbocycles. The molecule has 1 N–H and O–H groups in total. The average Bonchev–Trinajstić information content (AvgIpc) is 3.36. The van der Waals surface area contributed by atoms with Crippen molar-refractivity contribution in [3.05, 3.63) is 90.1 Å². The number of esters is 1. The Morgan fingerprint density at radius 1 is 1.00 bits per heavy atom. The maximum absolute atomic E-state index is 13.0. The lowest BCUT2D eigenvalue weighted by atomic mass is 10.2. The minimum Gasteiger partial charge on any atom is -0.493 e. The number of benzene rings is 2. The number of ether oxygens (including phenoxy) is 2. The first-order valence-electron chi connectivity index (χ1n) is 10.1. The van der Waals surface area contributed by atoms with E-state index in [2.05, 4.69) is 20.4 Å². The summed E-state index contributed by atoms with van der Waals surface area (Å²) in [6.07, 6.45) is 1.39. The molecule has 2 heterocycles. The van der Waals surface area contributed by atoms with Crippen LogP contribution >= 0.6 is 0 Å². The lowest BCUT2D eigenvalue weighted by Gasteiger charge is -2.14. The molecule has 0 spiro atoms. The van der Waals surface area contributed by atoms with E-state index in [1.54, 1.807) is 37.3 Å². The lowest BCUT2D eigenvalue weighted by molar-refractivity contribution is 0.0725. The van der Waals surface area contributed by atoms with Gasteiger partial charge in [0.25, 0.3) is 5.91 Å². The standard InChI is InChI=1S/C24H20N4O5/c1-15(23-27-21(28-33-23)16-9-5-3-6-10-16)26-22(29)19-20(18(31-2)13-14-25-19)32-24(30)17-11-7-4-8-12-17/h3-15H,1-2H3,(H,26,29)/t15-/m0/s1. The van der Waals surface area contributed by atoms with E-state index in [1.165, 1.54) is 19.4 Å². The topological polar surface area (TPSA) is 116 Å². The van der Waals surface area contributed by atoms with Crippen LogP contribution in [0.15, 0.2) is 77.4 Å². The number of carbonyl (C=O) groups excluding carboxylic acids is 2. The zero-order valence-corrected chi connectivity index (χ0v) is 17.9. The van der Waals surface area contributed by atoms with Gasteiger partial charge in [-0.05, 0) is 19.1 Å². The van der Waals surface area contributed by atoms with Gasteiger partial charge in [0.05, 0.1) is 12.7 Å². The Bertz CT molecular complexity index is 1260. The first kappa shape index (κ1) is 21.7. The Morgan fingerprint density at radius 2 is 1.70 bits per heavy atom. The minimum atomic E-state index is -0.645. The van der Waals surface area contributed by atoms with E-state index < -0.39 is 17.9 Å². The molecule has 33 heavy (non-hydrogen) atoms. The number of hydrogen-bond donors (Lipinski definition) is 1. The zero-order valence-electron chi connectivity index (χ0n) is 17.9. The van der Waals surface area contributed by atoms with Gasteiger partial charge in [-0.1, -0.05) is 53.7 Å². The van der Waals surface area contributed by atoms with Crippen LogP contribution in [0.5, 0.6) is 11.5 Å². The number of rotatable bonds is 7. The number of nitrogens with one attached hydrogen (secondary N) is 1. The van der Waals surface area contributed by atoms with Gasteiger partial charge in [-0.2, -0.15) is 4.98 Å². The number of amides is 1. The van der Waals surface area contributed by atoms with Crippen molar-refractivity contribution in [3.8, 4) is 22.9 Å². The average molecular weight is 444 g/mol. The van der Waals surface area contributed by atoms with Gasteiger partial charge in [-0.3, -0.25) is 4.79 Å². The summed E-state index contributed by atoms with van der Waals surface area (Å²) in [4.78, 5) is 34.0. The predicted octanol–water partition coefficient (Wildman–Crippen LogP) is 3.85. The molecule has 166 valence electrons. The molecule has 2 aromatic carbocycles. The van der Waals surface area contributed by atoms with Crippen molar-refractivity contribution < 1.29 is 23.6 Å². The van der Waals surface area contributed by atoms with Gasteiger partial charge in [0, 0.05) is 17.8 Å². The van der Waals surface area contributed by atoms with Crippen molar-refractivity contribution in [2.75, 3.05) is 7.11 Å². The molecule has 4 rings (SSSR count). The first-order chi connectivity index (χ1) is 16.1. The summed E-state index contributed by atoms with van der Waals surface area (Å²) >= 11 is 0. The lowest BCUT2D eigenvalue weighted by Crippen LogP contribution is -2.28. The van der Waals surface area contributed by atoms with Crippen LogP contribution in [-0.2, 0) is 0 Å². The Hall–Kier alpha value is -4.53. The van der Waals surface area contributed by atoms with Crippen molar-refractivity contribution in [3.63, 3.8) is 0 Å². The molecule has 1 atom stereocenters. The number of nitrogens with zero attached hydrogens (tertiary/aromatic N) is 3. The molecule has 2 aromatic heterocycles. The number of hydrogen-bond acceptors (Lipinski definition) is 8. The van der Waals surface area contributed by atoms with E-state index in [0.29, 0.717) is 11.4 Å². The molecule has 0 unspecified atom stereocenters. The van der Waals surface area contributed by atoms with Gasteiger partial charge in [-0.25, -0.2) is 9.78 Å². The molecule has 4 aromatic rings. The molecule has 1 amide bonds. The van der Waals surface area contributed by atoms with E-state index in [-0.39, 0.29) is 23.1 Å². The summed E-state index contributed by atoms with van der Waals surface area (Å²) in [5, 5.41) is 6.70. The second-order valence-corrected chi connectivity index (χ2v) is 6.96. The van der Waals surface area contributed by atoms with E-state index in [0.717, 1.165) is 5.56 Å². The molecular weight excluding hydrogens is 424 g/mol. The van der Waals surface area contributed by atoms with Crippen LogP contribution in [0.4, 0.5) is 0 Å². The van der Waals surface area contributed by atoms with Crippen molar-refractivity contribution in [1.29, 1.82) is 0 Å². The summed E-state index contributed by atoms with van der Waals surface area (Å²) < 4.78 is 16.1. The highest BCUT2D eigenvalue weighted by Crippen LogP contribution is 2.31. The van der Waals surface area contributed by atoms with Crippen molar-refractivity contribution in [2.24, 2.45) is 0 Å². The Labute approximate surface area is 189 Å². The molecule has 0 bridgehead atoms. The van der Waals surface area contributed by atoms with Crippen molar-refractivity contribution in [1.82, 2.24) is 20.4 Å². The molecule has 0 aliphatic heterocycles. The third-order valence-corrected chi connectivity index (χ3v) is 4.70. The van der Waals surface area contributed by atoms with Gasteiger partial charge >= 0.3 is 5.97 Å². The van der Waals surface area contributed by atoms with E-state index in [9.17, 15) is 9.59 Å². The number of carbonyl (C=O) groups is 2.